The van der Waals surface area contributed by atoms with Crippen LogP contribution in [0.2, 0.25) is 0 Å². The van der Waals surface area contributed by atoms with Crippen molar-refractivity contribution in [3.8, 4) is 0 Å². The molecule has 18 heavy (non-hydrogen) atoms. The molecule has 0 saturated heterocycles. The van der Waals surface area contributed by atoms with Crippen LogP contribution in [0.5, 0.6) is 0 Å². The number of carbonyl (C=O) groups is 1. The Morgan fingerprint density at radius 3 is 2.50 bits per heavy atom. The van der Waals surface area contributed by atoms with E-state index in [4.69, 9.17) is 0 Å². The first kappa shape index (κ1) is 12.9. The minimum atomic E-state index is 0.109. The number of ketones is 1. The van der Waals surface area contributed by atoms with E-state index >= 15 is 0 Å². The number of hydrogen-bond donors (Lipinski definition) is 1. The van der Waals surface area contributed by atoms with E-state index in [2.05, 4.69) is 38.2 Å². The largest absolute Gasteiger partial charge is 0.376 e. The number of rotatable bonds is 3. The SMILES string of the molecule is CC(NC1=CCC(C)(C)CC1=O)c1ccccc1. The van der Waals surface area contributed by atoms with Crippen molar-refractivity contribution in [2.45, 2.75) is 39.7 Å². The summed E-state index contributed by atoms with van der Waals surface area (Å²) in [6.07, 6.45) is 3.64. The fourth-order valence-electron chi connectivity index (χ4n) is 2.29. The monoisotopic (exact) mass is 243 g/mol. The van der Waals surface area contributed by atoms with Gasteiger partial charge in [-0.2, -0.15) is 0 Å². The first-order valence-corrected chi connectivity index (χ1v) is 6.53. The Hall–Kier alpha value is -1.57. The molecule has 1 unspecified atom stereocenters. The lowest BCUT2D eigenvalue weighted by atomic mass is 9.79. The van der Waals surface area contributed by atoms with Gasteiger partial charge in [0.1, 0.15) is 0 Å². The third-order valence-electron chi connectivity index (χ3n) is 3.47. The van der Waals surface area contributed by atoms with Gasteiger partial charge in [-0.3, -0.25) is 4.79 Å². The molecule has 1 aromatic rings. The topological polar surface area (TPSA) is 29.1 Å². The first-order valence-electron chi connectivity index (χ1n) is 6.53. The summed E-state index contributed by atoms with van der Waals surface area (Å²) in [5, 5.41) is 3.33. The second kappa shape index (κ2) is 4.97. The lowest BCUT2D eigenvalue weighted by Gasteiger charge is -2.29. The molecule has 2 rings (SSSR count). The van der Waals surface area contributed by atoms with Crippen molar-refractivity contribution in [3.05, 3.63) is 47.7 Å². The van der Waals surface area contributed by atoms with E-state index < -0.39 is 0 Å². The van der Waals surface area contributed by atoms with Crippen molar-refractivity contribution in [2.75, 3.05) is 0 Å². The third kappa shape index (κ3) is 3.00. The van der Waals surface area contributed by atoms with Crippen LogP contribution in [0.4, 0.5) is 0 Å². The van der Waals surface area contributed by atoms with Gasteiger partial charge in [0.05, 0.1) is 5.70 Å². The van der Waals surface area contributed by atoms with E-state index in [0.717, 1.165) is 12.1 Å². The summed E-state index contributed by atoms with van der Waals surface area (Å²) in [6, 6.07) is 10.4. The van der Waals surface area contributed by atoms with Gasteiger partial charge in [-0.1, -0.05) is 50.3 Å². The summed E-state index contributed by atoms with van der Waals surface area (Å²) in [6.45, 7) is 6.36. The van der Waals surface area contributed by atoms with Crippen LogP contribution in [0, 0.1) is 5.41 Å². The molecule has 0 bridgehead atoms. The molecule has 1 aliphatic rings. The molecule has 1 aromatic carbocycles. The van der Waals surface area contributed by atoms with Crippen LogP contribution < -0.4 is 5.32 Å². The zero-order valence-corrected chi connectivity index (χ0v) is 11.4. The predicted octanol–water partition coefficient (Wildman–Crippen LogP) is 3.61. The van der Waals surface area contributed by atoms with E-state index in [-0.39, 0.29) is 17.2 Å². The molecule has 2 heteroatoms. The van der Waals surface area contributed by atoms with Gasteiger partial charge < -0.3 is 5.32 Å². The van der Waals surface area contributed by atoms with E-state index in [1.54, 1.807) is 0 Å². The minimum absolute atomic E-state index is 0.109. The number of carbonyl (C=O) groups excluding carboxylic acids is 1. The molecule has 2 nitrogen and oxygen atoms in total. The molecule has 0 fully saturated rings. The van der Waals surface area contributed by atoms with Gasteiger partial charge in [-0.05, 0) is 24.3 Å². The highest BCUT2D eigenvalue weighted by Crippen LogP contribution is 2.32. The molecule has 0 saturated carbocycles. The highest BCUT2D eigenvalue weighted by atomic mass is 16.1. The minimum Gasteiger partial charge on any atom is -0.376 e. The molecule has 0 radical (unpaired) electrons. The molecule has 0 amide bonds. The number of benzene rings is 1. The standard InChI is InChI=1S/C16H21NO/c1-12(13-7-5-4-6-8-13)17-14-9-10-16(2,3)11-15(14)18/h4-9,12,17H,10-11H2,1-3H3. The summed E-state index contributed by atoms with van der Waals surface area (Å²) < 4.78 is 0. The smallest absolute Gasteiger partial charge is 0.178 e. The van der Waals surface area contributed by atoms with Gasteiger partial charge in [0, 0.05) is 12.5 Å². The van der Waals surface area contributed by atoms with Crippen LogP contribution in [0.3, 0.4) is 0 Å². The summed E-state index contributed by atoms with van der Waals surface area (Å²) in [5.41, 5.74) is 2.10. The van der Waals surface area contributed by atoms with Crippen LogP contribution in [0.15, 0.2) is 42.1 Å². The van der Waals surface area contributed by atoms with Gasteiger partial charge in [0.2, 0.25) is 0 Å². The normalized spacial score (nSPS) is 20.2. The van der Waals surface area contributed by atoms with E-state index in [1.165, 1.54) is 5.56 Å². The zero-order chi connectivity index (χ0) is 13.2. The lowest BCUT2D eigenvalue weighted by Crippen LogP contribution is -2.30. The quantitative estimate of drug-likeness (QED) is 0.878. The van der Waals surface area contributed by atoms with Gasteiger partial charge in [0.25, 0.3) is 0 Å². The molecule has 0 aromatic heterocycles. The zero-order valence-electron chi connectivity index (χ0n) is 11.4. The Balaban J connectivity index is 2.07. The van der Waals surface area contributed by atoms with Crippen molar-refractivity contribution in [2.24, 2.45) is 5.41 Å². The third-order valence-corrected chi connectivity index (χ3v) is 3.47. The molecular weight excluding hydrogens is 222 g/mol. The van der Waals surface area contributed by atoms with Crippen LogP contribution in [-0.2, 0) is 4.79 Å². The van der Waals surface area contributed by atoms with E-state index in [9.17, 15) is 4.79 Å². The second-order valence-electron chi connectivity index (χ2n) is 5.86. The Bertz CT molecular complexity index is 459. The Morgan fingerprint density at radius 2 is 1.89 bits per heavy atom. The summed E-state index contributed by atoms with van der Waals surface area (Å²) in [7, 11) is 0. The van der Waals surface area contributed by atoms with E-state index in [0.29, 0.717) is 6.42 Å². The predicted molar refractivity (Wildman–Crippen MR) is 74.1 cm³/mol. The molecule has 1 atom stereocenters. The summed E-state index contributed by atoms with van der Waals surface area (Å²) in [4.78, 5) is 12.0. The van der Waals surface area contributed by atoms with Gasteiger partial charge in [-0.25, -0.2) is 0 Å². The van der Waals surface area contributed by atoms with Gasteiger partial charge in [0.15, 0.2) is 5.78 Å². The average molecular weight is 243 g/mol. The molecule has 0 spiro atoms. The highest BCUT2D eigenvalue weighted by Gasteiger charge is 2.28. The van der Waals surface area contributed by atoms with Crippen molar-refractivity contribution in [1.29, 1.82) is 0 Å². The number of nitrogens with one attached hydrogen (secondary N) is 1. The Morgan fingerprint density at radius 1 is 1.22 bits per heavy atom. The van der Waals surface area contributed by atoms with Gasteiger partial charge >= 0.3 is 0 Å². The first-order chi connectivity index (χ1) is 8.48. The second-order valence-corrected chi connectivity index (χ2v) is 5.86. The maximum atomic E-state index is 12.0. The van der Waals surface area contributed by atoms with Crippen molar-refractivity contribution >= 4 is 5.78 Å². The van der Waals surface area contributed by atoms with Crippen molar-refractivity contribution < 1.29 is 4.79 Å². The lowest BCUT2D eigenvalue weighted by molar-refractivity contribution is -0.118. The van der Waals surface area contributed by atoms with Crippen LogP contribution in [0.25, 0.3) is 0 Å². The molecule has 1 N–H and O–H groups in total. The van der Waals surface area contributed by atoms with E-state index in [1.807, 2.05) is 24.3 Å². The number of hydrogen-bond acceptors (Lipinski definition) is 2. The fourth-order valence-corrected chi connectivity index (χ4v) is 2.29. The maximum absolute atomic E-state index is 12.0. The molecule has 0 aliphatic heterocycles. The van der Waals surface area contributed by atoms with Gasteiger partial charge in [-0.15, -0.1) is 0 Å². The van der Waals surface area contributed by atoms with Crippen LogP contribution in [-0.4, -0.2) is 5.78 Å². The highest BCUT2D eigenvalue weighted by molar-refractivity contribution is 5.96. The molecular formula is C16H21NO. The van der Waals surface area contributed by atoms with Crippen LogP contribution in [0.1, 0.15) is 45.2 Å². The van der Waals surface area contributed by atoms with Crippen LogP contribution >= 0.6 is 0 Å². The number of allylic oxidation sites excluding steroid dienone is 2. The van der Waals surface area contributed by atoms with Crippen molar-refractivity contribution in [1.82, 2.24) is 5.32 Å². The Labute approximate surface area is 109 Å². The Kier molecular flexibility index (Phi) is 3.55. The fraction of sp³-hybridized carbons (Fsp3) is 0.438. The maximum Gasteiger partial charge on any atom is 0.178 e. The average Bonchev–Trinajstić information content (AvgIpc) is 2.33. The molecule has 96 valence electrons. The summed E-state index contributed by atoms with van der Waals surface area (Å²) in [5.74, 6) is 0.231. The molecule has 0 heterocycles. The summed E-state index contributed by atoms with van der Waals surface area (Å²) >= 11 is 0. The van der Waals surface area contributed by atoms with Crippen molar-refractivity contribution in [3.63, 3.8) is 0 Å². The molecule has 1 aliphatic carbocycles. The number of Topliss-reactive ketones (excluding diaryl/α,β-unsaturated/α-hetero) is 1.